The Hall–Kier alpha value is -1.69. The van der Waals surface area contributed by atoms with Gasteiger partial charge in [-0.3, -0.25) is 0 Å². The van der Waals surface area contributed by atoms with Gasteiger partial charge in [0.05, 0.1) is 4.47 Å². The second-order valence-electron chi connectivity index (χ2n) is 3.39. The van der Waals surface area contributed by atoms with Crippen LogP contribution in [0.15, 0.2) is 28.9 Å². The van der Waals surface area contributed by atoms with Crippen molar-refractivity contribution < 1.29 is 9.13 Å². The average Bonchev–Trinajstić information content (AvgIpc) is 2.29. The summed E-state index contributed by atoms with van der Waals surface area (Å²) in [6.45, 7) is 1.80. The van der Waals surface area contributed by atoms with Crippen LogP contribution in [0.1, 0.15) is 5.56 Å². The van der Waals surface area contributed by atoms with Crippen molar-refractivity contribution in [1.82, 2.24) is 9.97 Å². The maximum atomic E-state index is 13.0. The van der Waals surface area contributed by atoms with Gasteiger partial charge in [0.15, 0.2) is 0 Å². The lowest BCUT2D eigenvalue weighted by atomic mass is 10.3. The summed E-state index contributed by atoms with van der Waals surface area (Å²) in [7, 11) is 0. The summed E-state index contributed by atoms with van der Waals surface area (Å²) in [5.74, 6) is 0.610. The fourth-order valence-electron chi connectivity index (χ4n) is 1.19. The number of benzene rings is 1. The first kappa shape index (κ1) is 11.8. The molecule has 0 spiro atoms. The molecule has 0 saturated carbocycles. The van der Waals surface area contributed by atoms with Crippen LogP contribution in [-0.2, 0) is 0 Å². The smallest absolute Gasteiger partial charge is 0.226 e. The number of halogens is 2. The third-order valence-corrected chi connectivity index (χ3v) is 2.66. The van der Waals surface area contributed by atoms with Crippen molar-refractivity contribution in [2.75, 3.05) is 5.73 Å². The number of hydrogen-bond donors (Lipinski definition) is 1. The molecule has 0 aliphatic rings. The van der Waals surface area contributed by atoms with Gasteiger partial charge in [-0.15, -0.1) is 0 Å². The van der Waals surface area contributed by atoms with Crippen LogP contribution in [0.5, 0.6) is 11.6 Å². The Kier molecular flexibility index (Phi) is 3.23. The number of anilines is 1. The van der Waals surface area contributed by atoms with E-state index in [9.17, 15) is 4.39 Å². The Morgan fingerprint density at radius 1 is 1.41 bits per heavy atom. The van der Waals surface area contributed by atoms with Crippen molar-refractivity contribution in [2.24, 2.45) is 0 Å². The lowest BCUT2D eigenvalue weighted by Crippen LogP contribution is -1.98. The third kappa shape index (κ3) is 2.71. The van der Waals surface area contributed by atoms with Gasteiger partial charge in [0.1, 0.15) is 11.6 Å². The second kappa shape index (κ2) is 4.67. The van der Waals surface area contributed by atoms with Gasteiger partial charge in [-0.1, -0.05) is 0 Å². The molecule has 17 heavy (non-hydrogen) atoms. The van der Waals surface area contributed by atoms with Gasteiger partial charge in [-0.05, 0) is 41.1 Å². The minimum absolute atomic E-state index is 0.131. The minimum Gasteiger partial charge on any atom is -0.439 e. The molecule has 0 aliphatic carbocycles. The molecule has 2 aromatic rings. The number of aryl methyl sites for hydroxylation is 1. The normalized spacial score (nSPS) is 10.3. The van der Waals surface area contributed by atoms with E-state index in [1.807, 2.05) is 0 Å². The van der Waals surface area contributed by atoms with Crippen molar-refractivity contribution in [2.45, 2.75) is 6.92 Å². The molecule has 0 amide bonds. The van der Waals surface area contributed by atoms with E-state index < -0.39 is 0 Å². The first-order chi connectivity index (χ1) is 8.06. The van der Waals surface area contributed by atoms with Crippen LogP contribution in [0.3, 0.4) is 0 Å². The monoisotopic (exact) mass is 297 g/mol. The molecule has 4 nitrogen and oxygen atoms in total. The Balaban J connectivity index is 2.31. The number of ether oxygens (including phenoxy) is 1. The van der Waals surface area contributed by atoms with E-state index >= 15 is 0 Å². The molecule has 6 heteroatoms. The number of rotatable bonds is 2. The van der Waals surface area contributed by atoms with E-state index in [2.05, 4.69) is 25.9 Å². The molecule has 88 valence electrons. The van der Waals surface area contributed by atoms with Crippen molar-refractivity contribution >= 4 is 21.9 Å². The number of aromatic nitrogens is 2. The minimum atomic E-state index is -0.351. The van der Waals surface area contributed by atoms with Crippen molar-refractivity contribution in [3.63, 3.8) is 0 Å². The lowest BCUT2D eigenvalue weighted by molar-refractivity contribution is 0.456. The Morgan fingerprint density at radius 2 is 2.18 bits per heavy atom. The molecule has 0 unspecified atom stereocenters. The van der Waals surface area contributed by atoms with E-state index in [0.717, 1.165) is 5.56 Å². The topological polar surface area (TPSA) is 61.0 Å². The zero-order valence-electron chi connectivity index (χ0n) is 8.95. The van der Waals surface area contributed by atoms with Crippen LogP contribution < -0.4 is 10.5 Å². The molecule has 2 N–H and O–H groups in total. The summed E-state index contributed by atoms with van der Waals surface area (Å²) in [6.07, 6.45) is 1.57. The number of nitrogens with two attached hydrogens (primary N) is 1. The summed E-state index contributed by atoms with van der Waals surface area (Å²) in [5.41, 5.74) is 6.21. The molecule has 0 atom stereocenters. The standard InChI is InChI=1S/C11H9BrFN3O/c1-6-5-15-11(14)16-10(6)17-7-2-3-9(13)8(12)4-7/h2-5H,1H3,(H2,14,15,16). The summed E-state index contributed by atoms with van der Waals surface area (Å²) in [4.78, 5) is 7.79. The highest BCUT2D eigenvalue weighted by Crippen LogP contribution is 2.27. The number of nitrogen functional groups attached to an aromatic ring is 1. The van der Waals surface area contributed by atoms with Gasteiger partial charge in [-0.2, -0.15) is 4.98 Å². The zero-order valence-corrected chi connectivity index (χ0v) is 10.5. The Morgan fingerprint density at radius 3 is 2.88 bits per heavy atom. The molecule has 2 rings (SSSR count). The molecular weight excluding hydrogens is 289 g/mol. The van der Waals surface area contributed by atoms with E-state index in [-0.39, 0.29) is 11.8 Å². The van der Waals surface area contributed by atoms with E-state index in [4.69, 9.17) is 10.5 Å². The van der Waals surface area contributed by atoms with Gasteiger partial charge in [0.25, 0.3) is 0 Å². The van der Waals surface area contributed by atoms with Crippen molar-refractivity contribution in [1.29, 1.82) is 0 Å². The van der Waals surface area contributed by atoms with E-state index in [1.165, 1.54) is 18.2 Å². The molecule has 0 saturated heterocycles. The third-order valence-electron chi connectivity index (χ3n) is 2.05. The molecule has 1 heterocycles. The van der Waals surface area contributed by atoms with Crippen LogP contribution in [0.4, 0.5) is 10.3 Å². The highest BCUT2D eigenvalue weighted by molar-refractivity contribution is 9.10. The zero-order chi connectivity index (χ0) is 12.4. The SMILES string of the molecule is Cc1cnc(N)nc1Oc1ccc(F)c(Br)c1. The van der Waals surface area contributed by atoms with Gasteiger partial charge in [0.2, 0.25) is 11.8 Å². The predicted molar refractivity (Wildman–Crippen MR) is 65.4 cm³/mol. The summed E-state index contributed by atoms with van der Waals surface area (Å²) >= 11 is 3.08. The maximum absolute atomic E-state index is 13.0. The second-order valence-corrected chi connectivity index (χ2v) is 4.25. The largest absolute Gasteiger partial charge is 0.439 e. The fourth-order valence-corrected chi connectivity index (χ4v) is 1.55. The number of hydrogen-bond acceptors (Lipinski definition) is 4. The van der Waals surface area contributed by atoms with Crippen LogP contribution in [0, 0.1) is 12.7 Å². The van der Waals surface area contributed by atoms with Crippen LogP contribution in [-0.4, -0.2) is 9.97 Å². The Labute approximate surface area is 106 Å². The molecule has 0 bridgehead atoms. The molecule has 0 aliphatic heterocycles. The fraction of sp³-hybridized carbons (Fsp3) is 0.0909. The molecule has 1 aromatic carbocycles. The summed E-state index contributed by atoms with van der Waals surface area (Å²) in [6, 6.07) is 4.34. The van der Waals surface area contributed by atoms with Crippen LogP contribution in [0.2, 0.25) is 0 Å². The van der Waals surface area contributed by atoms with Crippen LogP contribution in [0.25, 0.3) is 0 Å². The van der Waals surface area contributed by atoms with Gasteiger partial charge < -0.3 is 10.5 Å². The number of nitrogens with zero attached hydrogens (tertiary/aromatic N) is 2. The molecule has 0 radical (unpaired) electrons. The van der Waals surface area contributed by atoms with E-state index in [1.54, 1.807) is 13.1 Å². The van der Waals surface area contributed by atoms with Gasteiger partial charge >= 0.3 is 0 Å². The highest BCUT2D eigenvalue weighted by atomic mass is 79.9. The van der Waals surface area contributed by atoms with Crippen molar-refractivity contribution in [3.8, 4) is 11.6 Å². The molecule has 0 fully saturated rings. The quantitative estimate of drug-likeness (QED) is 0.925. The maximum Gasteiger partial charge on any atom is 0.226 e. The first-order valence-electron chi connectivity index (χ1n) is 4.78. The average molecular weight is 298 g/mol. The molecule has 1 aromatic heterocycles. The van der Waals surface area contributed by atoms with Crippen molar-refractivity contribution in [3.05, 3.63) is 40.2 Å². The molecular formula is C11H9BrFN3O. The van der Waals surface area contributed by atoms with E-state index in [0.29, 0.717) is 16.1 Å². The predicted octanol–water partition coefficient (Wildman–Crippen LogP) is 3.06. The highest BCUT2D eigenvalue weighted by Gasteiger charge is 2.06. The lowest BCUT2D eigenvalue weighted by Gasteiger charge is -2.08. The van der Waals surface area contributed by atoms with Gasteiger partial charge in [0, 0.05) is 11.8 Å². The van der Waals surface area contributed by atoms with Gasteiger partial charge in [-0.25, -0.2) is 9.37 Å². The summed E-state index contributed by atoms with van der Waals surface area (Å²) in [5, 5.41) is 0. The first-order valence-corrected chi connectivity index (χ1v) is 5.57. The summed E-state index contributed by atoms with van der Waals surface area (Å²) < 4.78 is 18.9. The van der Waals surface area contributed by atoms with Crippen LogP contribution >= 0.6 is 15.9 Å². The Bertz CT molecular complexity index is 562.